The van der Waals surface area contributed by atoms with Crippen LogP contribution in [0.25, 0.3) is 0 Å². The van der Waals surface area contributed by atoms with Crippen LogP contribution in [0.5, 0.6) is 0 Å². The summed E-state index contributed by atoms with van der Waals surface area (Å²) in [6.45, 7) is 4.91. The molecule has 0 aromatic rings. The molecule has 6 nitrogen and oxygen atoms in total. The summed E-state index contributed by atoms with van der Waals surface area (Å²) < 4.78 is 5.48. The number of carbonyl (C=O) groups excluding carboxylic acids is 2. The van der Waals surface area contributed by atoms with E-state index in [1.165, 1.54) is 276 Å². The van der Waals surface area contributed by atoms with Gasteiger partial charge in [-0.3, -0.25) is 9.59 Å². The normalized spacial score (nSPS) is 12.7. The average molecular weight is 987 g/mol. The Balaban J connectivity index is 3.43. The van der Waals surface area contributed by atoms with Gasteiger partial charge >= 0.3 is 5.97 Å². The van der Waals surface area contributed by atoms with E-state index in [4.69, 9.17) is 4.74 Å². The summed E-state index contributed by atoms with van der Waals surface area (Å²) in [6.07, 6.45) is 73.6. The summed E-state index contributed by atoms with van der Waals surface area (Å²) in [7, 11) is 0. The minimum atomic E-state index is -0.848. The fourth-order valence-corrected chi connectivity index (χ4v) is 9.87. The van der Waals surface area contributed by atoms with Crippen molar-refractivity contribution in [3.05, 3.63) is 24.3 Å². The highest BCUT2D eigenvalue weighted by atomic mass is 16.5. The number of rotatable bonds is 59. The monoisotopic (exact) mass is 986 g/mol. The fraction of sp³-hybridized carbons (Fsp3) is 0.906. The lowest BCUT2D eigenvalue weighted by Gasteiger charge is -2.20. The Morgan fingerprint density at radius 3 is 1.01 bits per heavy atom. The number of carbonyl (C=O) groups is 2. The molecule has 0 radical (unpaired) electrons. The van der Waals surface area contributed by atoms with Gasteiger partial charge < -0.3 is 20.3 Å². The van der Waals surface area contributed by atoms with E-state index in [-0.39, 0.29) is 18.5 Å². The number of hydrogen-bond acceptors (Lipinski definition) is 5. The number of aliphatic hydroxyl groups is 2. The number of aliphatic hydroxyl groups excluding tert-OH is 2. The molecule has 0 spiro atoms. The lowest BCUT2D eigenvalue weighted by Crippen LogP contribution is -2.45. The van der Waals surface area contributed by atoms with Crippen LogP contribution in [-0.2, 0) is 14.3 Å². The van der Waals surface area contributed by atoms with Gasteiger partial charge in [-0.05, 0) is 57.8 Å². The van der Waals surface area contributed by atoms with E-state index < -0.39 is 12.1 Å². The van der Waals surface area contributed by atoms with Crippen LogP contribution in [0.3, 0.4) is 0 Å². The van der Waals surface area contributed by atoms with E-state index in [2.05, 4.69) is 31.3 Å². The molecule has 0 fully saturated rings. The maximum Gasteiger partial charge on any atom is 0.305 e. The lowest BCUT2D eigenvalue weighted by molar-refractivity contribution is -0.143. The highest BCUT2D eigenvalue weighted by Gasteiger charge is 2.18. The van der Waals surface area contributed by atoms with Crippen molar-refractivity contribution < 1.29 is 24.5 Å². The van der Waals surface area contributed by atoms with E-state index in [1.54, 1.807) is 6.08 Å². The van der Waals surface area contributed by atoms with Gasteiger partial charge in [0, 0.05) is 12.8 Å². The topological polar surface area (TPSA) is 95.9 Å². The summed E-state index contributed by atoms with van der Waals surface area (Å²) in [5, 5.41) is 23.2. The standard InChI is InChI=1S/C64H123NO5/c1-3-5-7-9-11-13-15-17-19-21-22-25-28-32-36-40-44-48-52-56-62(67)61(60-66)65-63(68)57-53-49-45-41-37-33-29-26-23-24-27-31-35-39-43-47-51-55-59-70-64(69)58-54-50-46-42-38-34-30-20-18-16-14-12-10-8-6-4-2/h20,30,52,56,61-62,66-67H,3-19,21-29,31-51,53-55,57-60H2,1-2H3,(H,65,68)/b30-20-,56-52+. The number of esters is 1. The first-order valence-corrected chi connectivity index (χ1v) is 31.6. The number of unbranched alkanes of at least 4 members (excludes halogenated alkanes) is 46. The van der Waals surface area contributed by atoms with Crippen LogP contribution in [-0.4, -0.2) is 47.4 Å². The molecule has 1 amide bonds. The van der Waals surface area contributed by atoms with Gasteiger partial charge in [0.05, 0.1) is 25.4 Å². The van der Waals surface area contributed by atoms with Gasteiger partial charge in [-0.2, -0.15) is 0 Å². The molecule has 0 bridgehead atoms. The van der Waals surface area contributed by atoms with Crippen molar-refractivity contribution in [3.63, 3.8) is 0 Å². The Morgan fingerprint density at radius 2 is 0.671 bits per heavy atom. The summed E-state index contributed by atoms with van der Waals surface area (Å²) in [4.78, 5) is 24.6. The average Bonchev–Trinajstić information content (AvgIpc) is 3.36. The van der Waals surface area contributed by atoms with Crippen molar-refractivity contribution in [2.45, 2.75) is 360 Å². The van der Waals surface area contributed by atoms with Crippen LogP contribution in [0, 0.1) is 0 Å². The third-order valence-electron chi connectivity index (χ3n) is 14.7. The zero-order valence-corrected chi connectivity index (χ0v) is 47.3. The van der Waals surface area contributed by atoms with Gasteiger partial charge in [-0.15, -0.1) is 0 Å². The van der Waals surface area contributed by atoms with Gasteiger partial charge in [0.15, 0.2) is 0 Å². The summed E-state index contributed by atoms with van der Waals surface area (Å²) >= 11 is 0. The zero-order chi connectivity index (χ0) is 50.7. The van der Waals surface area contributed by atoms with Crippen molar-refractivity contribution in [3.8, 4) is 0 Å². The smallest absolute Gasteiger partial charge is 0.305 e. The Labute approximate surface area is 437 Å². The molecule has 3 N–H and O–H groups in total. The van der Waals surface area contributed by atoms with Crippen molar-refractivity contribution in [2.24, 2.45) is 0 Å². The maximum absolute atomic E-state index is 12.5. The van der Waals surface area contributed by atoms with Crippen molar-refractivity contribution in [1.29, 1.82) is 0 Å². The molecule has 2 unspecified atom stereocenters. The molecule has 6 heteroatoms. The minimum absolute atomic E-state index is 0.000289. The molecular formula is C64H123NO5. The van der Waals surface area contributed by atoms with Gasteiger partial charge in [0.25, 0.3) is 0 Å². The van der Waals surface area contributed by atoms with Crippen molar-refractivity contribution >= 4 is 11.9 Å². The van der Waals surface area contributed by atoms with Crippen molar-refractivity contribution in [2.75, 3.05) is 13.2 Å². The highest BCUT2D eigenvalue weighted by Crippen LogP contribution is 2.18. The van der Waals surface area contributed by atoms with E-state index in [0.29, 0.717) is 19.4 Å². The van der Waals surface area contributed by atoms with Gasteiger partial charge in [0.2, 0.25) is 5.91 Å². The van der Waals surface area contributed by atoms with Crippen LogP contribution < -0.4 is 5.32 Å². The second-order valence-corrected chi connectivity index (χ2v) is 21.7. The number of hydrogen-bond donors (Lipinski definition) is 3. The molecule has 0 heterocycles. The van der Waals surface area contributed by atoms with Crippen LogP contribution >= 0.6 is 0 Å². The predicted octanol–water partition coefficient (Wildman–Crippen LogP) is 19.8. The molecule has 70 heavy (non-hydrogen) atoms. The van der Waals surface area contributed by atoms with Crippen molar-refractivity contribution in [1.82, 2.24) is 5.32 Å². The molecule has 0 rings (SSSR count). The van der Waals surface area contributed by atoms with Crippen LogP contribution in [0.4, 0.5) is 0 Å². The van der Waals surface area contributed by atoms with E-state index in [0.717, 1.165) is 44.9 Å². The summed E-state index contributed by atoms with van der Waals surface area (Å²) in [6, 6.07) is -0.631. The van der Waals surface area contributed by atoms with Gasteiger partial charge in [-0.1, -0.05) is 301 Å². The fourth-order valence-electron chi connectivity index (χ4n) is 9.87. The predicted molar refractivity (Wildman–Crippen MR) is 306 cm³/mol. The third kappa shape index (κ3) is 55.7. The number of amides is 1. The molecule has 414 valence electrons. The Hall–Kier alpha value is -1.66. The molecule has 0 saturated carbocycles. The Morgan fingerprint density at radius 1 is 0.386 bits per heavy atom. The van der Waals surface area contributed by atoms with E-state index in [1.807, 2.05) is 6.08 Å². The molecule has 0 aliphatic rings. The quantitative estimate of drug-likeness (QED) is 0.0321. The molecule has 0 saturated heterocycles. The zero-order valence-electron chi connectivity index (χ0n) is 47.3. The first kappa shape index (κ1) is 68.3. The SMILES string of the molecule is CCCCCCCCC/C=C\CCCCCCCC(=O)OCCCCCCCCCCCCCCCCCCCCC(=O)NC(CO)C(O)/C=C/CCCCCCCCCCCCCCCCCCC. The van der Waals surface area contributed by atoms with Gasteiger partial charge in [-0.25, -0.2) is 0 Å². The second-order valence-electron chi connectivity index (χ2n) is 21.7. The Bertz CT molecular complexity index is 1090. The second kappa shape index (κ2) is 59.9. The minimum Gasteiger partial charge on any atom is -0.466 e. The molecule has 0 aliphatic carbocycles. The summed E-state index contributed by atoms with van der Waals surface area (Å²) in [5.41, 5.74) is 0. The molecule has 0 aromatic heterocycles. The third-order valence-corrected chi connectivity index (χ3v) is 14.7. The number of nitrogens with one attached hydrogen (secondary N) is 1. The molecule has 0 aromatic carbocycles. The number of ether oxygens (including phenoxy) is 1. The van der Waals surface area contributed by atoms with Crippen LogP contribution in [0.2, 0.25) is 0 Å². The highest BCUT2D eigenvalue weighted by molar-refractivity contribution is 5.76. The lowest BCUT2D eigenvalue weighted by atomic mass is 10.0. The maximum atomic E-state index is 12.5. The molecule has 2 atom stereocenters. The Kier molecular flexibility index (Phi) is 58.5. The van der Waals surface area contributed by atoms with E-state index >= 15 is 0 Å². The first-order valence-electron chi connectivity index (χ1n) is 31.6. The van der Waals surface area contributed by atoms with E-state index in [9.17, 15) is 19.8 Å². The van der Waals surface area contributed by atoms with Crippen LogP contribution in [0.1, 0.15) is 348 Å². The van der Waals surface area contributed by atoms with Crippen LogP contribution in [0.15, 0.2) is 24.3 Å². The largest absolute Gasteiger partial charge is 0.466 e. The van der Waals surface area contributed by atoms with Gasteiger partial charge in [0.1, 0.15) is 0 Å². The summed E-state index contributed by atoms with van der Waals surface area (Å²) in [5.74, 6) is -0.0695. The first-order chi connectivity index (χ1) is 34.5. The number of allylic oxidation sites excluding steroid dienone is 3. The molecule has 0 aliphatic heterocycles. The molecular weight excluding hydrogens is 863 g/mol.